The van der Waals surface area contributed by atoms with Crippen LogP contribution in [0.5, 0.6) is 0 Å². The fourth-order valence-corrected chi connectivity index (χ4v) is 8.23. The van der Waals surface area contributed by atoms with Gasteiger partial charge in [0.1, 0.15) is 6.04 Å². The number of thioether (sulfide) groups is 1. The van der Waals surface area contributed by atoms with Crippen LogP contribution in [0.2, 0.25) is 0 Å². The summed E-state index contributed by atoms with van der Waals surface area (Å²) in [5.74, 6) is -1.88. The average Bonchev–Trinajstić information content (AvgIpc) is 3.27. The number of hydrogen-bond donors (Lipinski definition) is 1. The molecule has 0 aliphatic carbocycles. The van der Waals surface area contributed by atoms with E-state index < -0.39 is 22.6 Å². The number of allylic oxidation sites excluding steroid dienone is 1. The van der Waals surface area contributed by atoms with Crippen molar-refractivity contribution in [1.29, 1.82) is 0 Å². The lowest BCUT2D eigenvalue weighted by molar-refractivity contribution is -0.153. The summed E-state index contributed by atoms with van der Waals surface area (Å²) in [5, 5.41) is 9.30. The Bertz CT molecular complexity index is 906. The predicted octanol–water partition coefficient (Wildman–Crippen LogP) is 0.680. The Morgan fingerprint density at radius 3 is 2.67 bits per heavy atom. The van der Waals surface area contributed by atoms with Crippen LogP contribution >= 0.6 is 11.8 Å². The van der Waals surface area contributed by atoms with Gasteiger partial charge in [0.2, 0.25) is 11.8 Å². The number of aliphatic hydroxyl groups excluding tert-OH is 1. The summed E-state index contributed by atoms with van der Waals surface area (Å²) < 4.78 is 10.2. The minimum absolute atomic E-state index is 0.0666. The quantitative estimate of drug-likeness (QED) is 0.404. The van der Waals surface area contributed by atoms with Gasteiger partial charge in [-0.25, -0.2) is 0 Å². The molecule has 5 heterocycles. The van der Waals surface area contributed by atoms with Gasteiger partial charge in [0.15, 0.2) is 0 Å². The van der Waals surface area contributed by atoms with Crippen molar-refractivity contribution >= 4 is 29.5 Å². The molecule has 3 fully saturated rings. The number of cyclic esters (lactones) is 1. The van der Waals surface area contributed by atoms with Crippen LogP contribution in [-0.2, 0) is 23.9 Å². The van der Waals surface area contributed by atoms with Crippen molar-refractivity contribution in [3.8, 4) is 0 Å². The molecule has 5 aliphatic rings. The molecular formula is C26H37N3O6S. The molecule has 0 saturated carbocycles. The summed E-state index contributed by atoms with van der Waals surface area (Å²) in [7, 11) is 0. The minimum Gasteiger partial charge on any atom is -0.465 e. The largest absolute Gasteiger partial charge is 0.465 e. The van der Waals surface area contributed by atoms with Gasteiger partial charge in [0, 0.05) is 51.1 Å². The minimum atomic E-state index is -0.829. The molecule has 36 heavy (non-hydrogen) atoms. The number of carbonyl (C=O) groups excluding carboxylic acids is 3. The van der Waals surface area contributed by atoms with Gasteiger partial charge in [0.05, 0.1) is 36.4 Å². The smallest absolute Gasteiger partial charge is 0.311 e. The second kappa shape index (κ2) is 11.2. The highest BCUT2D eigenvalue weighted by molar-refractivity contribution is 8.02. The van der Waals surface area contributed by atoms with Gasteiger partial charge >= 0.3 is 5.97 Å². The first-order chi connectivity index (χ1) is 17.6. The topological polar surface area (TPSA) is 99.6 Å². The van der Waals surface area contributed by atoms with Crippen LogP contribution in [0.4, 0.5) is 0 Å². The number of morpholine rings is 1. The summed E-state index contributed by atoms with van der Waals surface area (Å²) in [6, 6.07) is -0.700. The molecule has 3 saturated heterocycles. The van der Waals surface area contributed by atoms with Crippen molar-refractivity contribution in [2.75, 3.05) is 65.7 Å². The summed E-state index contributed by atoms with van der Waals surface area (Å²) in [6.07, 6.45) is 11.2. The first kappa shape index (κ1) is 25.8. The third kappa shape index (κ3) is 4.73. The molecule has 5 atom stereocenters. The molecule has 0 aromatic carbocycles. The third-order valence-electron chi connectivity index (χ3n) is 8.03. The average molecular weight is 520 g/mol. The Labute approximate surface area is 216 Å². The monoisotopic (exact) mass is 519 g/mol. The normalized spacial score (nSPS) is 36.2. The Kier molecular flexibility index (Phi) is 8.05. The number of esters is 1. The number of hydrogen-bond acceptors (Lipinski definition) is 8. The maximum Gasteiger partial charge on any atom is 0.311 e. The number of carbonyl (C=O) groups is 3. The molecule has 1 unspecified atom stereocenters. The van der Waals surface area contributed by atoms with E-state index in [2.05, 4.69) is 17.1 Å². The van der Waals surface area contributed by atoms with Crippen molar-refractivity contribution in [3.05, 3.63) is 24.3 Å². The fraction of sp³-hybridized carbons (Fsp3) is 0.731. The molecule has 0 bridgehead atoms. The number of aliphatic hydroxyl groups is 1. The number of rotatable bonds is 6. The zero-order valence-electron chi connectivity index (χ0n) is 20.8. The molecule has 0 aromatic rings. The van der Waals surface area contributed by atoms with E-state index in [1.54, 1.807) is 16.7 Å². The van der Waals surface area contributed by atoms with Gasteiger partial charge in [-0.2, -0.15) is 0 Å². The second-order valence-electron chi connectivity index (χ2n) is 10.2. The number of ether oxygens (including phenoxy) is 2. The molecular weight excluding hydrogens is 482 g/mol. The molecule has 0 aromatic heterocycles. The molecule has 0 radical (unpaired) electrons. The van der Waals surface area contributed by atoms with Crippen LogP contribution in [0.1, 0.15) is 25.7 Å². The Morgan fingerprint density at radius 2 is 1.86 bits per heavy atom. The number of likely N-dealkylation sites (tertiary alicyclic amines) is 1. The van der Waals surface area contributed by atoms with Crippen molar-refractivity contribution < 1.29 is 29.0 Å². The van der Waals surface area contributed by atoms with Crippen molar-refractivity contribution in [1.82, 2.24) is 14.7 Å². The Morgan fingerprint density at radius 1 is 1.03 bits per heavy atom. The van der Waals surface area contributed by atoms with E-state index in [4.69, 9.17) is 9.47 Å². The van der Waals surface area contributed by atoms with Gasteiger partial charge in [-0.05, 0) is 25.7 Å². The van der Waals surface area contributed by atoms with Crippen molar-refractivity contribution in [2.45, 2.75) is 41.7 Å². The standard InChI is InChI=1S/C26H37N3O6S/c30-15-6-10-29-22-24(32)28(12-11-27-13-17-34-18-14-27)9-5-8-26(22)21(23(29)31)20-19(36-26)7-3-1-2-4-16-35-25(20)33/h3,5,7-8,19-22,30H,1-2,4,6,9-18H2/b7-3-/t19-,20+,21+,22?,26+/m1/s1. The van der Waals surface area contributed by atoms with E-state index in [1.807, 2.05) is 17.1 Å². The van der Waals surface area contributed by atoms with Gasteiger partial charge in [0.25, 0.3) is 0 Å². The zero-order valence-corrected chi connectivity index (χ0v) is 21.6. The van der Waals surface area contributed by atoms with E-state index >= 15 is 0 Å². The van der Waals surface area contributed by atoms with Gasteiger partial charge in [-0.1, -0.05) is 24.3 Å². The highest BCUT2D eigenvalue weighted by atomic mass is 32.2. The summed E-state index contributed by atoms with van der Waals surface area (Å²) in [4.78, 5) is 47.1. The van der Waals surface area contributed by atoms with Crippen molar-refractivity contribution in [3.63, 3.8) is 0 Å². The summed E-state index contributed by atoms with van der Waals surface area (Å²) >= 11 is 1.57. The first-order valence-corrected chi connectivity index (χ1v) is 14.1. The van der Waals surface area contributed by atoms with Crippen LogP contribution in [0, 0.1) is 11.8 Å². The number of fused-ring (bicyclic) bond motifs is 2. The Balaban J connectivity index is 1.46. The van der Waals surface area contributed by atoms with E-state index in [9.17, 15) is 19.5 Å². The van der Waals surface area contributed by atoms with E-state index in [0.717, 1.165) is 38.9 Å². The Hall–Kier alpha value is -1.88. The first-order valence-electron chi connectivity index (χ1n) is 13.3. The SMILES string of the molecule is O=C1OCCCC/C=C\[C@H]2S[C@]34C=CCN(CCN5CCOCC5)C(=O)C3N(CCCO)C(=O)[C@@H]4[C@@H]12. The number of nitrogens with zero attached hydrogens (tertiary/aromatic N) is 3. The van der Waals surface area contributed by atoms with Crippen LogP contribution in [0.25, 0.3) is 0 Å². The van der Waals surface area contributed by atoms with E-state index in [-0.39, 0.29) is 36.2 Å². The number of amides is 2. The van der Waals surface area contributed by atoms with Crippen LogP contribution < -0.4 is 0 Å². The lowest BCUT2D eigenvalue weighted by atomic mass is 9.78. The lowest BCUT2D eigenvalue weighted by Gasteiger charge is -2.36. The third-order valence-corrected chi connectivity index (χ3v) is 9.78. The van der Waals surface area contributed by atoms with Crippen molar-refractivity contribution in [2.24, 2.45) is 11.8 Å². The molecule has 5 aliphatic heterocycles. The van der Waals surface area contributed by atoms with Crippen LogP contribution in [0.15, 0.2) is 24.3 Å². The highest BCUT2D eigenvalue weighted by Crippen LogP contribution is 2.60. The molecule has 2 amide bonds. The predicted molar refractivity (Wildman–Crippen MR) is 135 cm³/mol. The molecule has 5 rings (SSSR count). The van der Waals surface area contributed by atoms with Crippen LogP contribution in [0.3, 0.4) is 0 Å². The molecule has 198 valence electrons. The molecule has 10 heteroatoms. The second-order valence-corrected chi connectivity index (χ2v) is 11.7. The molecule has 1 N–H and O–H groups in total. The van der Waals surface area contributed by atoms with Gasteiger partial charge < -0.3 is 24.4 Å². The highest BCUT2D eigenvalue weighted by Gasteiger charge is 2.70. The van der Waals surface area contributed by atoms with E-state index in [1.165, 1.54) is 0 Å². The van der Waals surface area contributed by atoms with Gasteiger partial charge in [-0.3, -0.25) is 19.3 Å². The maximum atomic E-state index is 14.1. The lowest BCUT2D eigenvalue weighted by Crippen LogP contribution is -2.54. The summed E-state index contributed by atoms with van der Waals surface area (Å²) in [5.41, 5.74) is 0. The molecule has 9 nitrogen and oxygen atoms in total. The maximum absolute atomic E-state index is 14.1. The van der Waals surface area contributed by atoms with E-state index in [0.29, 0.717) is 39.3 Å². The fourth-order valence-electron chi connectivity index (χ4n) is 6.23. The molecule has 1 spiro atoms. The van der Waals surface area contributed by atoms with Crippen LogP contribution in [-0.4, -0.2) is 119 Å². The zero-order chi connectivity index (χ0) is 25.1. The summed E-state index contributed by atoms with van der Waals surface area (Å²) in [6.45, 7) is 5.49. The van der Waals surface area contributed by atoms with Gasteiger partial charge in [-0.15, -0.1) is 11.8 Å².